The lowest BCUT2D eigenvalue weighted by atomic mass is 9.70. The molecule has 9 nitrogen and oxygen atoms in total. The monoisotopic (exact) mass is 567 g/mol. The Balaban J connectivity index is 1.72. The minimum absolute atomic E-state index is 0.00191. The summed E-state index contributed by atoms with van der Waals surface area (Å²) in [6, 6.07) is 6.45. The molecule has 0 radical (unpaired) electrons. The Morgan fingerprint density at radius 1 is 1.15 bits per heavy atom. The predicted molar refractivity (Wildman–Crippen MR) is 157 cm³/mol. The third-order valence-corrected chi connectivity index (χ3v) is 8.55. The molecule has 0 aliphatic carbocycles. The van der Waals surface area contributed by atoms with Gasteiger partial charge in [0.05, 0.1) is 24.5 Å². The molecule has 9 heteroatoms. The fraction of sp³-hybridized carbons (Fsp3) is 0.594. The molecule has 5 atom stereocenters. The van der Waals surface area contributed by atoms with E-state index in [4.69, 9.17) is 9.47 Å². The van der Waals surface area contributed by atoms with Crippen molar-refractivity contribution in [3.8, 4) is 5.75 Å². The van der Waals surface area contributed by atoms with Crippen LogP contribution in [0.25, 0.3) is 0 Å². The van der Waals surface area contributed by atoms with Gasteiger partial charge in [0.15, 0.2) is 0 Å². The van der Waals surface area contributed by atoms with E-state index < -0.39 is 35.1 Å². The second-order valence-corrected chi connectivity index (χ2v) is 12.1. The van der Waals surface area contributed by atoms with Gasteiger partial charge in [0, 0.05) is 37.5 Å². The Bertz CT molecular complexity index is 1150. The predicted octanol–water partition coefficient (Wildman–Crippen LogP) is 3.56. The molecule has 0 saturated carbocycles. The van der Waals surface area contributed by atoms with E-state index in [2.05, 4.69) is 13.2 Å². The highest BCUT2D eigenvalue weighted by atomic mass is 16.5. The van der Waals surface area contributed by atoms with Gasteiger partial charge >= 0.3 is 0 Å². The van der Waals surface area contributed by atoms with Crippen LogP contribution in [0.3, 0.4) is 0 Å². The third kappa shape index (κ3) is 5.54. The standard InChI is InChI=1S/C32H45N3O6/c1-7-18-33(22-12-14-23(15-13-22)40-9-3)28(37)25-24-16-17-32(41-24)26(25)29(38)34(20-10-11-21-36)27(32)30(39)35(19-8-2)31(4,5)6/h7-8,12-15,24-27,36H,1-2,9-11,16-21H2,3-6H3/t24-,25+,26+,27?,32?/m1/s1. The van der Waals surface area contributed by atoms with Gasteiger partial charge in [0.25, 0.3) is 0 Å². The van der Waals surface area contributed by atoms with Gasteiger partial charge < -0.3 is 29.3 Å². The molecule has 1 N–H and O–H groups in total. The summed E-state index contributed by atoms with van der Waals surface area (Å²) in [5, 5.41) is 9.41. The van der Waals surface area contributed by atoms with Gasteiger partial charge in [-0.15, -0.1) is 13.2 Å². The second kappa shape index (κ2) is 12.4. The number of hydrogen-bond acceptors (Lipinski definition) is 6. The van der Waals surface area contributed by atoms with Crippen molar-refractivity contribution >= 4 is 23.4 Å². The maximum Gasteiger partial charge on any atom is 0.249 e. The van der Waals surface area contributed by atoms with Crippen LogP contribution < -0.4 is 9.64 Å². The number of hydrogen-bond donors (Lipinski definition) is 1. The molecule has 2 unspecified atom stereocenters. The SMILES string of the molecule is C=CCN(C(=O)[C@@H]1[C@H]2C(=O)N(CCCCO)C(C(=O)N(CC=C)C(C)(C)C)C23CC[C@H]1O3)c1ccc(OCC)cc1. The molecule has 0 aromatic heterocycles. The Labute approximate surface area is 243 Å². The van der Waals surface area contributed by atoms with Gasteiger partial charge in [0.2, 0.25) is 17.7 Å². The van der Waals surface area contributed by atoms with Crippen LogP contribution in [0, 0.1) is 11.8 Å². The lowest BCUT2D eigenvalue weighted by molar-refractivity contribution is -0.151. The van der Waals surface area contributed by atoms with Gasteiger partial charge in [0.1, 0.15) is 17.4 Å². The van der Waals surface area contributed by atoms with Crippen LogP contribution in [0.4, 0.5) is 5.69 Å². The highest BCUT2D eigenvalue weighted by molar-refractivity contribution is 6.03. The number of aliphatic hydroxyl groups is 1. The zero-order valence-corrected chi connectivity index (χ0v) is 24.9. The summed E-state index contributed by atoms with van der Waals surface area (Å²) in [6.45, 7) is 16.9. The average molecular weight is 568 g/mol. The van der Waals surface area contributed by atoms with Crippen LogP contribution in [0.2, 0.25) is 0 Å². The first-order valence-electron chi connectivity index (χ1n) is 14.7. The third-order valence-electron chi connectivity index (χ3n) is 8.55. The van der Waals surface area contributed by atoms with Gasteiger partial charge in [-0.1, -0.05) is 12.2 Å². The molecule has 1 aromatic carbocycles. The zero-order valence-electron chi connectivity index (χ0n) is 24.9. The molecule has 1 aromatic rings. The lowest BCUT2D eigenvalue weighted by Crippen LogP contribution is -2.60. The summed E-state index contributed by atoms with van der Waals surface area (Å²) < 4.78 is 12.2. The van der Waals surface area contributed by atoms with Crippen LogP contribution in [-0.2, 0) is 19.1 Å². The number of benzene rings is 1. The van der Waals surface area contributed by atoms with E-state index in [0.717, 1.165) is 0 Å². The molecule has 3 aliphatic heterocycles. The number of carbonyl (C=O) groups excluding carboxylic acids is 3. The Kier molecular flexibility index (Phi) is 9.29. The first-order valence-corrected chi connectivity index (χ1v) is 14.7. The Hall–Kier alpha value is -3.17. The zero-order chi connectivity index (χ0) is 29.9. The van der Waals surface area contributed by atoms with Gasteiger partial charge in [-0.05, 0) is 77.6 Å². The van der Waals surface area contributed by atoms with Crippen molar-refractivity contribution in [2.45, 2.75) is 76.7 Å². The number of ether oxygens (including phenoxy) is 2. The number of likely N-dealkylation sites (tertiary alicyclic amines) is 1. The molecule has 3 fully saturated rings. The highest BCUT2D eigenvalue weighted by Crippen LogP contribution is 2.59. The molecular formula is C32H45N3O6. The first kappa shape index (κ1) is 30.8. The van der Waals surface area contributed by atoms with Crippen molar-refractivity contribution in [3.63, 3.8) is 0 Å². The molecule has 4 rings (SSSR count). The van der Waals surface area contributed by atoms with E-state index in [0.29, 0.717) is 56.8 Å². The maximum atomic E-state index is 14.3. The molecular weight excluding hydrogens is 522 g/mol. The van der Waals surface area contributed by atoms with Crippen LogP contribution in [0.1, 0.15) is 53.4 Å². The van der Waals surface area contributed by atoms with Crippen molar-refractivity contribution in [1.82, 2.24) is 9.80 Å². The minimum Gasteiger partial charge on any atom is -0.494 e. The van der Waals surface area contributed by atoms with Crippen molar-refractivity contribution in [3.05, 3.63) is 49.6 Å². The number of unbranched alkanes of at least 4 members (excludes halogenated alkanes) is 1. The molecule has 1 spiro atoms. The summed E-state index contributed by atoms with van der Waals surface area (Å²) in [6.07, 6.45) is 5.08. The number of nitrogens with zero attached hydrogens (tertiary/aromatic N) is 3. The number of aliphatic hydroxyl groups excluding tert-OH is 1. The molecule has 3 aliphatic rings. The van der Waals surface area contributed by atoms with Crippen LogP contribution >= 0.6 is 0 Å². The van der Waals surface area contributed by atoms with Gasteiger partial charge in [-0.2, -0.15) is 0 Å². The summed E-state index contributed by atoms with van der Waals surface area (Å²) in [5.74, 6) is -1.40. The molecule has 224 valence electrons. The number of rotatable bonds is 13. The van der Waals surface area contributed by atoms with E-state index in [1.165, 1.54) is 0 Å². The highest BCUT2D eigenvalue weighted by Gasteiger charge is 2.75. The Morgan fingerprint density at radius 2 is 1.83 bits per heavy atom. The van der Waals surface area contributed by atoms with E-state index >= 15 is 0 Å². The van der Waals surface area contributed by atoms with Gasteiger partial charge in [-0.3, -0.25) is 14.4 Å². The molecule has 3 saturated heterocycles. The fourth-order valence-electron chi connectivity index (χ4n) is 6.84. The van der Waals surface area contributed by atoms with E-state index in [1.54, 1.807) is 26.9 Å². The molecule has 41 heavy (non-hydrogen) atoms. The Morgan fingerprint density at radius 3 is 2.41 bits per heavy atom. The van der Waals surface area contributed by atoms with Crippen molar-refractivity contribution in [2.75, 3.05) is 37.7 Å². The number of amides is 3. The normalized spacial score (nSPS) is 26.6. The maximum absolute atomic E-state index is 14.3. The van der Waals surface area contributed by atoms with Gasteiger partial charge in [-0.25, -0.2) is 0 Å². The van der Waals surface area contributed by atoms with Crippen molar-refractivity contribution in [2.24, 2.45) is 11.8 Å². The van der Waals surface area contributed by atoms with Crippen LogP contribution in [0.15, 0.2) is 49.6 Å². The first-order chi connectivity index (χ1) is 19.5. The summed E-state index contributed by atoms with van der Waals surface area (Å²) in [7, 11) is 0. The summed E-state index contributed by atoms with van der Waals surface area (Å²) >= 11 is 0. The average Bonchev–Trinajstić information content (AvgIpc) is 3.57. The number of carbonyl (C=O) groups is 3. The van der Waals surface area contributed by atoms with E-state index in [1.807, 2.05) is 52.0 Å². The van der Waals surface area contributed by atoms with Crippen LogP contribution in [-0.4, -0.2) is 88.8 Å². The number of anilines is 1. The second-order valence-electron chi connectivity index (χ2n) is 12.1. The van der Waals surface area contributed by atoms with Crippen LogP contribution in [0.5, 0.6) is 5.75 Å². The number of fused-ring (bicyclic) bond motifs is 1. The molecule has 3 heterocycles. The topological polar surface area (TPSA) is 99.6 Å². The van der Waals surface area contributed by atoms with Crippen molar-refractivity contribution < 1.29 is 29.0 Å². The van der Waals surface area contributed by atoms with E-state index in [9.17, 15) is 19.5 Å². The largest absolute Gasteiger partial charge is 0.494 e. The van der Waals surface area contributed by atoms with E-state index in [-0.39, 0.29) is 30.9 Å². The molecule has 3 amide bonds. The van der Waals surface area contributed by atoms with Crippen molar-refractivity contribution in [1.29, 1.82) is 0 Å². The lowest BCUT2D eigenvalue weighted by Gasteiger charge is -2.42. The fourth-order valence-corrected chi connectivity index (χ4v) is 6.84. The summed E-state index contributed by atoms with van der Waals surface area (Å²) in [4.78, 5) is 47.9. The quantitative estimate of drug-likeness (QED) is 0.289. The molecule has 2 bridgehead atoms. The summed E-state index contributed by atoms with van der Waals surface area (Å²) in [5.41, 5.74) is -0.917. The smallest absolute Gasteiger partial charge is 0.249 e. The minimum atomic E-state index is -1.08.